The lowest BCUT2D eigenvalue weighted by atomic mass is 9.94. The molecule has 0 heterocycles. The molecule has 0 aromatic heterocycles. The normalized spacial score (nSPS) is 16.8. The Morgan fingerprint density at radius 2 is 1.61 bits per heavy atom. The van der Waals surface area contributed by atoms with Crippen LogP contribution in [0.25, 0.3) is 0 Å². The van der Waals surface area contributed by atoms with Crippen molar-refractivity contribution >= 4 is 11.4 Å². The number of nitrogens with two attached hydrogens (primary N) is 1. The van der Waals surface area contributed by atoms with Crippen LogP contribution in [0, 0.1) is 0 Å². The molecule has 2 heteroatoms. The van der Waals surface area contributed by atoms with Crippen molar-refractivity contribution in [3.05, 3.63) is 23.3 Å². The quantitative estimate of drug-likeness (QED) is 0.784. The second kappa shape index (κ2) is 6.12. The summed E-state index contributed by atoms with van der Waals surface area (Å²) in [4.78, 5) is 0. The number of aryl methyl sites for hydroxylation is 2. The third-order valence-corrected chi connectivity index (χ3v) is 4.09. The first-order valence-corrected chi connectivity index (χ1v) is 7.42. The number of rotatable bonds is 4. The maximum atomic E-state index is 6.18. The van der Waals surface area contributed by atoms with Gasteiger partial charge in [0.1, 0.15) is 0 Å². The highest BCUT2D eigenvalue weighted by Gasteiger charge is 2.14. The minimum absolute atomic E-state index is 0.664. The van der Waals surface area contributed by atoms with Crippen molar-refractivity contribution in [1.29, 1.82) is 0 Å². The van der Waals surface area contributed by atoms with Crippen LogP contribution in [-0.2, 0) is 12.8 Å². The molecule has 1 saturated carbocycles. The number of nitrogens with one attached hydrogen (secondary N) is 1. The van der Waals surface area contributed by atoms with E-state index in [1.54, 1.807) is 0 Å². The van der Waals surface area contributed by atoms with Gasteiger partial charge in [0.2, 0.25) is 0 Å². The summed E-state index contributed by atoms with van der Waals surface area (Å²) >= 11 is 0. The van der Waals surface area contributed by atoms with E-state index in [9.17, 15) is 0 Å². The molecule has 1 aromatic carbocycles. The minimum atomic E-state index is 0.664. The van der Waals surface area contributed by atoms with Gasteiger partial charge >= 0.3 is 0 Å². The molecule has 0 aliphatic heterocycles. The summed E-state index contributed by atoms with van der Waals surface area (Å²) in [7, 11) is 0. The lowest BCUT2D eigenvalue weighted by Gasteiger charge is -2.25. The Balaban J connectivity index is 2.16. The number of hydrogen-bond acceptors (Lipinski definition) is 2. The van der Waals surface area contributed by atoms with Gasteiger partial charge in [-0.25, -0.2) is 0 Å². The molecule has 1 fully saturated rings. The average Bonchev–Trinajstić information content (AvgIpc) is 2.41. The highest BCUT2D eigenvalue weighted by Crippen LogP contribution is 2.27. The third kappa shape index (κ3) is 2.98. The molecule has 1 aromatic rings. The van der Waals surface area contributed by atoms with Crippen LogP contribution < -0.4 is 11.1 Å². The fourth-order valence-corrected chi connectivity index (χ4v) is 2.93. The molecule has 0 spiro atoms. The number of benzene rings is 1. The van der Waals surface area contributed by atoms with E-state index >= 15 is 0 Å². The number of hydrogen-bond donors (Lipinski definition) is 2. The molecular formula is C16H26N2. The molecular weight excluding hydrogens is 220 g/mol. The Hall–Kier alpha value is -1.18. The Morgan fingerprint density at radius 1 is 1.06 bits per heavy atom. The summed E-state index contributed by atoms with van der Waals surface area (Å²) < 4.78 is 0. The van der Waals surface area contributed by atoms with Crippen LogP contribution in [0.3, 0.4) is 0 Å². The Morgan fingerprint density at radius 3 is 2.11 bits per heavy atom. The first-order chi connectivity index (χ1) is 8.74. The molecule has 0 unspecified atom stereocenters. The third-order valence-electron chi connectivity index (χ3n) is 4.09. The zero-order valence-corrected chi connectivity index (χ0v) is 11.8. The van der Waals surface area contributed by atoms with Crippen molar-refractivity contribution in [3.8, 4) is 0 Å². The van der Waals surface area contributed by atoms with E-state index in [2.05, 4.69) is 31.3 Å². The van der Waals surface area contributed by atoms with E-state index in [4.69, 9.17) is 5.73 Å². The smallest absolute Gasteiger partial charge is 0.0380 e. The first kappa shape index (κ1) is 13.3. The predicted molar refractivity (Wildman–Crippen MR) is 80.1 cm³/mol. The van der Waals surface area contributed by atoms with Gasteiger partial charge in [-0.2, -0.15) is 0 Å². The number of nitrogen functional groups attached to an aromatic ring is 1. The molecule has 1 aliphatic rings. The molecule has 3 N–H and O–H groups in total. The van der Waals surface area contributed by atoms with E-state index in [1.165, 1.54) is 48.9 Å². The van der Waals surface area contributed by atoms with E-state index in [1.807, 2.05) is 0 Å². The summed E-state index contributed by atoms with van der Waals surface area (Å²) in [6, 6.07) is 5.14. The molecule has 0 saturated heterocycles. The maximum Gasteiger partial charge on any atom is 0.0380 e. The maximum absolute atomic E-state index is 6.18. The van der Waals surface area contributed by atoms with Gasteiger partial charge in [0, 0.05) is 17.4 Å². The summed E-state index contributed by atoms with van der Waals surface area (Å²) in [5, 5.41) is 3.70. The van der Waals surface area contributed by atoms with Gasteiger partial charge in [0.15, 0.2) is 0 Å². The standard InChI is InChI=1S/C16H26N2/c1-3-12-10-15(11-13(4-2)16(12)17)18-14-8-6-5-7-9-14/h10-11,14,18H,3-9,17H2,1-2H3. The molecule has 2 nitrogen and oxygen atoms in total. The molecule has 0 bridgehead atoms. The first-order valence-electron chi connectivity index (χ1n) is 7.42. The Bertz CT molecular complexity index is 367. The topological polar surface area (TPSA) is 38.0 Å². The summed E-state index contributed by atoms with van der Waals surface area (Å²) in [6.45, 7) is 4.35. The van der Waals surface area contributed by atoms with Gasteiger partial charge in [-0.1, -0.05) is 33.1 Å². The van der Waals surface area contributed by atoms with Gasteiger partial charge in [-0.05, 0) is 48.9 Å². The molecule has 1 aliphatic carbocycles. The average molecular weight is 246 g/mol. The van der Waals surface area contributed by atoms with Gasteiger partial charge in [-0.3, -0.25) is 0 Å². The predicted octanol–water partition coefficient (Wildman–Crippen LogP) is 4.14. The van der Waals surface area contributed by atoms with Crippen LogP contribution in [0.4, 0.5) is 11.4 Å². The van der Waals surface area contributed by atoms with E-state index < -0.39 is 0 Å². The van der Waals surface area contributed by atoms with E-state index in [-0.39, 0.29) is 0 Å². The fraction of sp³-hybridized carbons (Fsp3) is 0.625. The Kier molecular flexibility index (Phi) is 4.51. The summed E-state index contributed by atoms with van der Waals surface area (Å²) in [5.41, 5.74) is 11.0. The molecule has 18 heavy (non-hydrogen) atoms. The van der Waals surface area contributed by atoms with Crippen LogP contribution in [0.1, 0.15) is 57.1 Å². The molecule has 2 rings (SSSR count). The lowest BCUT2D eigenvalue weighted by molar-refractivity contribution is 0.462. The van der Waals surface area contributed by atoms with Crippen molar-refractivity contribution in [1.82, 2.24) is 0 Å². The van der Waals surface area contributed by atoms with Crippen LogP contribution in [0.5, 0.6) is 0 Å². The fourth-order valence-electron chi connectivity index (χ4n) is 2.93. The second-order valence-electron chi connectivity index (χ2n) is 5.39. The van der Waals surface area contributed by atoms with Crippen LogP contribution >= 0.6 is 0 Å². The van der Waals surface area contributed by atoms with Crippen molar-refractivity contribution in [3.63, 3.8) is 0 Å². The van der Waals surface area contributed by atoms with Crippen molar-refractivity contribution < 1.29 is 0 Å². The highest BCUT2D eigenvalue weighted by molar-refractivity contribution is 5.63. The monoisotopic (exact) mass is 246 g/mol. The molecule has 0 radical (unpaired) electrons. The van der Waals surface area contributed by atoms with Crippen LogP contribution in [0.15, 0.2) is 12.1 Å². The summed E-state index contributed by atoms with van der Waals surface area (Å²) in [5.74, 6) is 0. The Labute approximate surface area is 111 Å². The SMILES string of the molecule is CCc1cc(NC2CCCCC2)cc(CC)c1N. The van der Waals surface area contributed by atoms with Gasteiger partial charge < -0.3 is 11.1 Å². The minimum Gasteiger partial charge on any atom is -0.398 e. The largest absolute Gasteiger partial charge is 0.398 e. The number of anilines is 2. The highest BCUT2D eigenvalue weighted by atomic mass is 14.9. The van der Waals surface area contributed by atoms with E-state index in [0.29, 0.717) is 6.04 Å². The zero-order chi connectivity index (χ0) is 13.0. The zero-order valence-electron chi connectivity index (χ0n) is 11.8. The second-order valence-corrected chi connectivity index (χ2v) is 5.39. The van der Waals surface area contributed by atoms with Gasteiger partial charge in [0.25, 0.3) is 0 Å². The van der Waals surface area contributed by atoms with Gasteiger partial charge in [0.05, 0.1) is 0 Å². The molecule has 0 amide bonds. The van der Waals surface area contributed by atoms with Crippen LogP contribution in [-0.4, -0.2) is 6.04 Å². The van der Waals surface area contributed by atoms with Gasteiger partial charge in [-0.15, -0.1) is 0 Å². The molecule has 0 atom stereocenters. The summed E-state index contributed by atoms with van der Waals surface area (Å²) in [6.07, 6.45) is 8.79. The van der Waals surface area contributed by atoms with Crippen LogP contribution in [0.2, 0.25) is 0 Å². The molecule has 100 valence electrons. The van der Waals surface area contributed by atoms with E-state index in [0.717, 1.165) is 18.5 Å². The lowest BCUT2D eigenvalue weighted by Crippen LogP contribution is -2.22. The van der Waals surface area contributed by atoms with Crippen molar-refractivity contribution in [2.75, 3.05) is 11.1 Å². The van der Waals surface area contributed by atoms with Crippen molar-refractivity contribution in [2.24, 2.45) is 0 Å². The van der Waals surface area contributed by atoms with Crippen molar-refractivity contribution in [2.45, 2.75) is 64.8 Å².